The lowest BCUT2D eigenvalue weighted by Crippen LogP contribution is -2.20. The first-order valence-corrected chi connectivity index (χ1v) is 10.9. The van der Waals surface area contributed by atoms with E-state index in [4.69, 9.17) is 11.2 Å². The molecule has 0 saturated carbocycles. The van der Waals surface area contributed by atoms with Crippen LogP contribution in [-0.2, 0) is 11.3 Å². The Bertz CT molecular complexity index is 1260. The van der Waals surface area contributed by atoms with Crippen molar-refractivity contribution >= 4 is 27.5 Å². The number of aromatic nitrogens is 1. The lowest BCUT2D eigenvalue weighted by Gasteiger charge is -2.14. The minimum absolute atomic E-state index is 0.222. The molecule has 0 spiro atoms. The van der Waals surface area contributed by atoms with Crippen molar-refractivity contribution in [2.24, 2.45) is 4.99 Å². The zero-order valence-electron chi connectivity index (χ0n) is 17.2. The summed E-state index contributed by atoms with van der Waals surface area (Å²) in [5.41, 5.74) is 2.75. The monoisotopic (exact) mass is 426 g/mol. The average Bonchev–Trinajstić information content (AvgIpc) is 3.12. The summed E-state index contributed by atoms with van der Waals surface area (Å²) in [7, 11) is 0. The third-order valence-corrected chi connectivity index (χ3v) is 5.97. The summed E-state index contributed by atoms with van der Waals surface area (Å²) in [5, 5.41) is 0. The molecule has 31 heavy (non-hydrogen) atoms. The highest BCUT2D eigenvalue weighted by Gasteiger charge is 2.22. The third kappa shape index (κ3) is 4.45. The topological polar surface area (TPSA) is 43.6 Å². The van der Waals surface area contributed by atoms with Gasteiger partial charge in [0.1, 0.15) is 5.75 Å². The molecule has 0 aliphatic carbocycles. The van der Waals surface area contributed by atoms with Gasteiger partial charge in [-0.15, -0.1) is 6.42 Å². The van der Waals surface area contributed by atoms with Gasteiger partial charge < -0.3 is 9.30 Å². The molecule has 5 heteroatoms. The molecule has 1 aromatic heterocycles. The number of hydrogen-bond donors (Lipinski definition) is 0. The van der Waals surface area contributed by atoms with Crippen molar-refractivity contribution < 1.29 is 9.53 Å². The molecular weight excluding hydrogens is 404 g/mol. The number of amides is 1. The van der Waals surface area contributed by atoms with Crippen molar-refractivity contribution in [3.63, 3.8) is 0 Å². The highest BCUT2D eigenvalue weighted by Crippen LogP contribution is 2.27. The number of hydrogen-bond acceptors (Lipinski definition) is 3. The molecule has 154 valence electrons. The summed E-state index contributed by atoms with van der Waals surface area (Å²) in [4.78, 5) is 18.6. The second kappa shape index (κ2) is 9.46. The Morgan fingerprint density at radius 3 is 2.29 bits per heavy atom. The van der Waals surface area contributed by atoms with Crippen molar-refractivity contribution in [2.45, 2.75) is 19.4 Å². The van der Waals surface area contributed by atoms with Gasteiger partial charge in [-0.2, -0.15) is 4.99 Å². The van der Waals surface area contributed by atoms with Gasteiger partial charge in [-0.05, 0) is 36.2 Å². The van der Waals surface area contributed by atoms with Crippen LogP contribution in [0.1, 0.15) is 24.0 Å². The summed E-state index contributed by atoms with van der Waals surface area (Å²) in [6.07, 6.45) is 5.61. The maximum atomic E-state index is 13.5. The van der Waals surface area contributed by atoms with Gasteiger partial charge in [-0.25, -0.2) is 0 Å². The fourth-order valence-corrected chi connectivity index (χ4v) is 4.63. The molecule has 0 unspecified atom stereocenters. The minimum atomic E-state index is -0.481. The number of carbonyl (C=O) groups is 1. The maximum absolute atomic E-state index is 13.5. The molecule has 4 aromatic rings. The van der Waals surface area contributed by atoms with E-state index in [1.165, 1.54) is 11.3 Å². The first-order chi connectivity index (χ1) is 15.2. The zero-order chi connectivity index (χ0) is 21.6. The van der Waals surface area contributed by atoms with Gasteiger partial charge in [0.15, 0.2) is 4.80 Å². The van der Waals surface area contributed by atoms with Crippen LogP contribution in [0.4, 0.5) is 0 Å². The Morgan fingerprint density at radius 2 is 1.71 bits per heavy atom. The summed E-state index contributed by atoms with van der Waals surface area (Å²) in [5.74, 6) is 2.76. The highest BCUT2D eigenvalue weighted by atomic mass is 32.1. The Hall–Kier alpha value is -3.62. The van der Waals surface area contributed by atoms with E-state index in [-0.39, 0.29) is 5.91 Å². The van der Waals surface area contributed by atoms with Crippen LogP contribution in [0.5, 0.6) is 5.75 Å². The van der Waals surface area contributed by atoms with E-state index < -0.39 is 5.92 Å². The molecule has 4 rings (SSSR count). The van der Waals surface area contributed by atoms with E-state index >= 15 is 0 Å². The van der Waals surface area contributed by atoms with Crippen LogP contribution in [0.15, 0.2) is 83.9 Å². The Morgan fingerprint density at radius 1 is 1.06 bits per heavy atom. The first kappa shape index (κ1) is 20.6. The van der Waals surface area contributed by atoms with Crippen molar-refractivity contribution in [1.29, 1.82) is 0 Å². The molecule has 3 aromatic carbocycles. The summed E-state index contributed by atoms with van der Waals surface area (Å²) < 4.78 is 8.50. The van der Waals surface area contributed by atoms with Gasteiger partial charge in [0.05, 0.1) is 29.3 Å². The van der Waals surface area contributed by atoms with Gasteiger partial charge in [-0.3, -0.25) is 4.79 Å². The van der Waals surface area contributed by atoms with Gasteiger partial charge in [0.2, 0.25) is 0 Å². The molecule has 0 atom stereocenters. The predicted octanol–water partition coefficient (Wildman–Crippen LogP) is 4.99. The van der Waals surface area contributed by atoms with Crippen LogP contribution < -0.4 is 9.54 Å². The molecule has 0 aliphatic rings. The number of benzene rings is 3. The third-order valence-electron chi connectivity index (χ3n) is 4.93. The maximum Gasteiger partial charge on any atom is 0.260 e. The van der Waals surface area contributed by atoms with E-state index in [0.29, 0.717) is 18.0 Å². The average molecular weight is 427 g/mol. The van der Waals surface area contributed by atoms with Crippen molar-refractivity contribution in [2.75, 3.05) is 6.61 Å². The molecule has 1 amide bonds. The van der Waals surface area contributed by atoms with Crippen LogP contribution in [0.2, 0.25) is 0 Å². The van der Waals surface area contributed by atoms with Crippen LogP contribution in [0.25, 0.3) is 10.2 Å². The largest absolute Gasteiger partial charge is 0.494 e. The molecule has 0 fully saturated rings. The minimum Gasteiger partial charge on any atom is -0.494 e. The van der Waals surface area contributed by atoms with Crippen molar-refractivity contribution in [1.82, 2.24) is 4.57 Å². The normalized spacial score (nSPS) is 11.6. The number of nitrogens with zero attached hydrogens (tertiary/aromatic N) is 2. The molecule has 0 bridgehead atoms. The molecule has 0 aliphatic heterocycles. The van der Waals surface area contributed by atoms with Gasteiger partial charge in [0.25, 0.3) is 5.91 Å². The van der Waals surface area contributed by atoms with Gasteiger partial charge >= 0.3 is 0 Å². The summed E-state index contributed by atoms with van der Waals surface area (Å²) in [6, 6.07) is 25.3. The first-order valence-electron chi connectivity index (χ1n) is 10.1. The number of thiazole rings is 1. The van der Waals surface area contributed by atoms with Crippen LogP contribution in [0.3, 0.4) is 0 Å². The van der Waals surface area contributed by atoms with Crippen molar-refractivity contribution in [3.05, 3.63) is 94.8 Å². The summed E-state index contributed by atoms with van der Waals surface area (Å²) >= 11 is 1.44. The molecule has 4 nitrogen and oxygen atoms in total. The van der Waals surface area contributed by atoms with E-state index in [9.17, 15) is 4.79 Å². The van der Waals surface area contributed by atoms with Crippen LogP contribution >= 0.6 is 11.3 Å². The predicted molar refractivity (Wildman–Crippen MR) is 125 cm³/mol. The molecular formula is C26H22N2O2S. The summed E-state index contributed by atoms with van der Waals surface area (Å²) in [6.45, 7) is 2.87. The number of carbonyl (C=O) groups excluding carboxylic acids is 1. The molecule has 0 N–H and O–H groups in total. The SMILES string of the molecule is C#CCn1c(=NC(=O)C(c2ccccc2)c2ccccc2)sc2cc(OCC)ccc21. The van der Waals surface area contributed by atoms with E-state index in [1.807, 2.05) is 90.4 Å². The molecule has 1 heterocycles. The Balaban J connectivity index is 1.84. The van der Waals surface area contributed by atoms with E-state index in [0.717, 1.165) is 27.1 Å². The number of terminal acetylenes is 1. The second-order valence-corrected chi connectivity index (χ2v) is 7.95. The Labute approximate surface area is 185 Å². The number of ether oxygens (including phenoxy) is 1. The molecule has 0 radical (unpaired) electrons. The van der Waals surface area contributed by atoms with Crippen LogP contribution in [-0.4, -0.2) is 17.1 Å². The lowest BCUT2D eigenvalue weighted by atomic mass is 9.91. The lowest BCUT2D eigenvalue weighted by molar-refractivity contribution is -0.118. The smallest absolute Gasteiger partial charge is 0.260 e. The van der Waals surface area contributed by atoms with Crippen LogP contribution in [0, 0.1) is 12.3 Å². The number of rotatable bonds is 6. The number of fused-ring (bicyclic) bond motifs is 1. The van der Waals surface area contributed by atoms with E-state index in [1.54, 1.807) is 0 Å². The fraction of sp³-hybridized carbons (Fsp3) is 0.154. The molecule has 0 saturated heterocycles. The quantitative estimate of drug-likeness (QED) is 0.408. The Kier molecular flexibility index (Phi) is 6.30. The zero-order valence-corrected chi connectivity index (χ0v) is 18.0. The van der Waals surface area contributed by atoms with Gasteiger partial charge in [0, 0.05) is 0 Å². The van der Waals surface area contributed by atoms with Gasteiger partial charge in [-0.1, -0.05) is 77.9 Å². The van der Waals surface area contributed by atoms with Crippen molar-refractivity contribution in [3.8, 4) is 18.1 Å². The fourth-order valence-electron chi connectivity index (χ4n) is 3.57. The van der Waals surface area contributed by atoms with E-state index in [2.05, 4.69) is 10.9 Å². The second-order valence-electron chi connectivity index (χ2n) is 6.94. The standard InChI is InChI=1S/C26H22N2O2S/c1-3-17-28-22-16-15-21(30-4-2)18-23(22)31-26(28)27-25(29)24(19-11-7-5-8-12-19)20-13-9-6-10-14-20/h1,5-16,18,24H,4,17H2,2H3. The highest BCUT2D eigenvalue weighted by molar-refractivity contribution is 7.16.